The fourth-order valence-electron chi connectivity index (χ4n) is 2.39. The third-order valence-electron chi connectivity index (χ3n) is 3.46. The molecule has 4 nitrogen and oxygen atoms in total. The first-order valence-electron chi connectivity index (χ1n) is 6.40. The molecule has 0 bridgehead atoms. The van der Waals surface area contributed by atoms with Crippen molar-refractivity contribution in [3.8, 4) is 0 Å². The first kappa shape index (κ1) is 13.7. The number of benzene rings is 1. The molecule has 2 rings (SSSR count). The van der Waals surface area contributed by atoms with Crippen molar-refractivity contribution in [3.05, 3.63) is 35.9 Å². The summed E-state index contributed by atoms with van der Waals surface area (Å²) in [5.74, 6) is -4.84. The number of hydrogen-bond acceptors (Lipinski definition) is 3. The van der Waals surface area contributed by atoms with Crippen LogP contribution in [0.25, 0.3) is 0 Å². The molecule has 1 aromatic rings. The molecular weight excluding hydrogens is 247 g/mol. The van der Waals surface area contributed by atoms with Crippen LogP contribution in [-0.2, 0) is 4.79 Å². The summed E-state index contributed by atoms with van der Waals surface area (Å²) in [6, 6.07) is 7.96. The highest BCUT2D eigenvalue weighted by Gasteiger charge is 2.50. The van der Waals surface area contributed by atoms with Gasteiger partial charge in [0.15, 0.2) is 0 Å². The SMILES string of the molecule is NC(=O)C(F)(C(=O)c1ccccc1)N1CCCCC1. The number of nitrogens with two attached hydrogens (primary N) is 1. The molecular formula is C14H17FN2O2. The number of likely N-dealkylation sites (tertiary alicyclic amines) is 1. The first-order chi connectivity index (χ1) is 9.06. The zero-order valence-corrected chi connectivity index (χ0v) is 10.6. The fourth-order valence-corrected chi connectivity index (χ4v) is 2.39. The van der Waals surface area contributed by atoms with Crippen molar-refractivity contribution >= 4 is 11.7 Å². The van der Waals surface area contributed by atoms with Gasteiger partial charge in [-0.15, -0.1) is 0 Å². The second-order valence-corrected chi connectivity index (χ2v) is 4.73. The molecule has 1 heterocycles. The minimum atomic E-state index is -2.73. The van der Waals surface area contributed by atoms with Gasteiger partial charge in [0.25, 0.3) is 5.91 Å². The Morgan fingerprint density at radius 2 is 1.68 bits per heavy atom. The number of primary amides is 1. The quantitative estimate of drug-likeness (QED) is 0.509. The van der Waals surface area contributed by atoms with Crippen molar-refractivity contribution in [1.82, 2.24) is 4.90 Å². The lowest BCUT2D eigenvalue weighted by Crippen LogP contribution is -2.60. The topological polar surface area (TPSA) is 63.4 Å². The van der Waals surface area contributed by atoms with Gasteiger partial charge in [0.05, 0.1) is 0 Å². The van der Waals surface area contributed by atoms with Crippen molar-refractivity contribution in [3.63, 3.8) is 0 Å². The van der Waals surface area contributed by atoms with Gasteiger partial charge in [-0.25, -0.2) is 4.39 Å². The van der Waals surface area contributed by atoms with E-state index in [1.807, 2.05) is 0 Å². The number of piperidine rings is 1. The van der Waals surface area contributed by atoms with Gasteiger partial charge >= 0.3 is 5.79 Å². The summed E-state index contributed by atoms with van der Waals surface area (Å²) < 4.78 is 15.0. The third kappa shape index (κ3) is 2.51. The monoisotopic (exact) mass is 264 g/mol. The molecule has 0 radical (unpaired) electrons. The predicted molar refractivity (Wildman–Crippen MR) is 69.2 cm³/mol. The largest absolute Gasteiger partial charge is 0.365 e. The number of amides is 1. The molecule has 5 heteroatoms. The highest BCUT2D eigenvalue weighted by Crippen LogP contribution is 2.26. The van der Waals surface area contributed by atoms with Crippen LogP contribution in [0, 0.1) is 0 Å². The Hall–Kier alpha value is -1.75. The van der Waals surface area contributed by atoms with E-state index >= 15 is 0 Å². The number of halogens is 1. The maximum atomic E-state index is 15.0. The van der Waals surface area contributed by atoms with E-state index in [0.29, 0.717) is 13.1 Å². The minimum Gasteiger partial charge on any atom is -0.365 e. The second kappa shape index (κ2) is 5.48. The third-order valence-corrected chi connectivity index (χ3v) is 3.46. The Bertz CT molecular complexity index is 472. The van der Waals surface area contributed by atoms with E-state index in [1.165, 1.54) is 17.0 Å². The lowest BCUT2D eigenvalue weighted by atomic mass is 9.97. The summed E-state index contributed by atoms with van der Waals surface area (Å²) in [6.45, 7) is 0.746. The van der Waals surface area contributed by atoms with Gasteiger partial charge in [-0.2, -0.15) is 0 Å². The molecule has 2 N–H and O–H groups in total. The number of alkyl halides is 1. The normalized spacial score (nSPS) is 19.6. The molecule has 1 atom stereocenters. The Labute approximate surface area is 111 Å². The molecule has 19 heavy (non-hydrogen) atoms. The highest BCUT2D eigenvalue weighted by atomic mass is 19.1. The molecule has 102 valence electrons. The summed E-state index contributed by atoms with van der Waals surface area (Å²) in [5, 5.41) is 0. The van der Waals surface area contributed by atoms with Crippen LogP contribution in [0.15, 0.2) is 30.3 Å². The second-order valence-electron chi connectivity index (χ2n) is 4.73. The van der Waals surface area contributed by atoms with Crippen molar-refractivity contribution in [2.24, 2.45) is 5.73 Å². The molecule has 0 spiro atoms. The molecule has 0 aromatic heterocycles. The van der Waals surface area contributed by atoms with Gasteiger partial charge in [-0.1, -0.05) is 36.8 Å². The van der Waals surface area contributed by atoms with Crippen LogP contribution in [0.1, 0.15) is 29.6 Å². The molecule has 1 unspecified atom stereocenters. The average Bonchev–Trinajstić information content (AvgIpc) is 2.47. The van der Waals surface area contributed by atoms with E-state index in [-0.39, 0.29) is 5.56 Å². The maximum absolute atomic E-state index is 15.0. The van der Waals surface area contributed by atoms with E-state index < -0.39 is 17.5 Å². The smallest absolute Gasteiger partial charge is 0.305 e. The van der Waals surface area contributed by atoms with Crippen LogP contribution in [0.2, 0.25) is 0 Å². The number of hydrogen-bond donors (Lipinski definition) is 1. The lowest BCUT2D eigenvalue weighted by Gasteiger charge is -2.36. The number of carbonyl (C=O) groups excluding carboxylic acids is 2. The molecule has 0 aliphatic carbocycles. The van der Waals surface area contributed by atoms with Crippen LogP contribution in [0.5, 0.6) is 0 Å². The van der Waals surface area contributed by atoms with Crippen LogP contribution < -0.4 is 5.73 Å². The fraction of sp³-hybridized carbons (Fsp3) is 0.429. The molecule has 1 aromatic carbocycles. The number of rotatable bonds is 4. The molecule has 1 saturated heterocycles. The highest BCUT2D eigenvalue weighted by molar-refractivity contribution is 6.16. The first-order valence-corrected chi connectivity index (χ1v) is 6.40. The van der Waals surface area contributed by atoms with Crippen molar-refractivity contribution in [2.45, 2.75) is 25.1 Å². The lowest BCUT2D eigenvalue weighted by molar-refractivity contribution is -0.138. The van der Waals surface area contributed by atoms with E-state index in [4.69, 9.17) is 5.73 Å². The zero-order chi connectivity index (χ0) is 13.9. The number of carbonyl (C=O) groups is 2. The summed E-state index contributed by atoms with van der Waals surface area (Å²) >= 11 is 0. The summed E-state index contributed by atoms with van der Waals surface area (Å²) in [4.78, 5) is 25.1. The van der Waals surface area contributed by atoms with E-state index in [9.17, 15) is 14.0 Å². The van der Waals surface area contributed by atoms with E-state index in [0.717, 1.165) is 19.3 Å². The van der Waals surface area contributed by atoms with Crippen molar-refractivity contribution in [2.75, 3.05) is 13.1 Å². The molecule has 1 amide bonds. The van der Waals surface area contributed by atoms with Crippen LogP contribution >= 0.6 is 0 Å². The van der Waals surface area contributed by atoms with Crippen molar-refractivity contribution in [1.29, 1.82) is 0 Å². The van der Waals surface area contributed by atoms with E-state index in [1.54, 1.807) is 18.2 Å². The average molecular weight is 264 g/mol. The molecule has 0 saturated carbocycles. The minimum absolute atomic E-state index is 0.161. The molecule has 1 fully saturated rings. The van der Waals surface area contributed by atoms with Gasteiger partial charge in [0.2, 0.25) is 5.78 Å². The Kier molecular flexibility index (Phi) is 3.95. The van der Waals surface area contributed by atoms with Crippen LogP contribution in [0.4, 0.5) is 4.39 Å². The molecule has 1 aliphatic rings. The number of Topliss-reactive ketones (excluding diaryl/α,β-unsaturated/α-hetero) is 1. The van der Waals surface area contributed by atoms with Crippen LogP contribution in [0.3, 0.4) is 0 Å². The number of nitrogens with zero attached hydrogens (tertiary/aromatic N) is 1. The van der Waals surface area contributed by atoms with Gasteiger partial charge < -0.3 is 5.73 Å². The Morgan fingerprint density at radius 3 is 2.21 bits per heavy atom. The van der Waals surface area contributed by atoms with Gasteiger partial charge in [0.1, 0.15) is 0 Å². The maximum Gasteiger partial charge on any atom is 0.305 e. The molecule has 1 aliphatic heterocycles. The zero-order valence-electron chi connectivity index (χ0n) is 10.6. The Balaban J connectivity index is 2.33. The van der Waals surface area contributed by atoms with Gasteiger partial charge in [-0.3, -0.25) is 14.5 Å². The van der Waals surface area contributed by atoms with Crippen LogP contribution in [-0.4, -0.2) is 35.5 Å². The number of ketones is 1. The summed E-state index contributed by atoms with van der Waals surface area (Å²) in [5.41, 5.74) is 5.33. The Morgan fingerprint density at radius 1 is 1.11 bits per heavy atom. The predicted octanol–water partition coefficient (Wildman–Crippen LogP) is 1.51. The van der Waals surface area contributed by atoms with Crippen molar-refractivity contribution < 1.29 is 14.0 Å². The summed E-state index contributed by atoms with van der Waals surface area (Å²) in [7, 11) is 0. The van der Waals surface area contributed by atoms with E-state index in [2.05, 4.69) is 0 Å². The van der Waals surface area contributed by atoms with Gasteiger partial charge in [0, 0.05) is 18.7 Å². The standard InChI is InChI=1S/C14H17FN2O2/c15-14(13(16)19,17-9-5-2-6-10-17)12(18)11-7-3-1-4-8-11/h1,3-4,7-8H,2,5-6,9-10H2,(H2,16,19). The summed E-state index contributed by atoms with van der Waals surface area (Å²) in [6.07, 6.45) is 2.51. The van der Waals surface area contributed by atoms with Gasteiger partial charge in [-0.05, 0) is 12.8 Å².